The number of aromatic nitrogens is 1. The van der Waals surface area contributed by atoms with Crippen molar-refractivity contribution >= 4 is 22.8 Å². The molecular weight excluding hydrogens is 328 g/mol. The minimum absolute atomic E-state index is 0.0224. The molecule has 1 saturated heterocycles. The molecule has 1 saturated carbocycles. The highest BCUT2D eigenvalue weighted by molar-refractivity contribution is 6.07. The molecule has 1 aromatic carbocycles. The van der Waals surface area contributed by atoms with Crippen LogP contribution in [0.1, 0.15) is 36.0 Å². The van der Waals surface area contributed by atoms with Gasteiger partial charge in [-0.05, 0) is 18.9 Å². The lowest BCUT2D eigenvalue weighted by atomic mass is 10.1. The molecule has 2 aromatic rings. The van der Waals surface area contributed by atoms with E-state index in [0.717, 1.165) is 29.3 Å². The number of nitrogens with one attached hydrogen (secondary N) is 1. The van der Waals surface area contributed by atoms with Crippen LogP contribution in [-0.2, 0) is 7.05 Å². The molecule has 2 heterocycles. The van der Waals surface area contributed by atoms with Gasteiger partial charge in [-0.1, -0.05) is 31.0 Å². The van der Waals surface area contributed by atoms with Crippen molar-refractivity contribution in [1.82, 2.24) is 19.7 Å². The molecule has 4 rings (SSSR count). The summed E-state index contributed by atoms with van der Waals surface area (Å²) in [5, 5.41) is 4.12. The Balaban J connectivity index is 1.39. The second-order valence-electron chi connectivity index (χ2n) is 7.38. The number of amides is 3. The smallest absolute Gasteiger partial charge is 0.317 e. The third-order valence-electron chi connectivity index (χ3n) is 5.66. The van der Waals surface area contributed by atoms with Crippen LogP contribution >= 0.6 is 0 Å². The molecule has 2 fully saturated rings. The number of aryl methyl sites for hydroxylation is 1. The summed E-state index contributed by atoms with van der Waals surface area (Å²) in [5.74, 6) is 0.0534. The maximum atomic E-state index is 13.0. The first-order valence-corrected chi connectivity index (χ1v) is 9.52. The van der Waals surface area contributed by atoms with Gasteiger partial charge in [-0.25, -0.2) is 4.79 Å². The predicted molar refractivity (Wildman–Crippen MR) is 101 cm³/mol. The van der Waals surface area contributed by atoms with E-state index in [9.17, 15) is 9.59 Å². The fourth-order valence-electron chi connectivity index (χ4n) is 4.13. The number of rotatable bonds is 2. The first kappa shape index (κ1) is 16.9. The Morgan fingerprint density at radius 2 is 1.65 bits per heavy atom. The van der Waals surface area contributed by atoms with E-state index in [1.54, 1.807) is 0 Å². The second kappa shape index (κ2) is 7.02. The van der Waals surface area contributed by atoms with Gasteiger partial charge in [0.05, 0.1) is 5.56 Å². The van der Waals surface area contributed by atoms with E-state index in [0.29, 0.717) is 32.2 Å². The lowest BCUT2D eigenvalue weighted by Crippen LogP contribution is -2.54. The molecule has 1 aliphatic heterocycles. The Morgan fingerprint density at radius 3 is 2.38 bits per heavy atom. The number of benzene rings is 1. The SMILES string of the molecule is Cn1cc(C(=O)N2CCN(C(=O)NC3CCCC3)CC2)c2ccccc21. The molecule has 0 spiro atoms. The number of hydrogen-bond donors (Lipinski definition) is 1. The van der Waals surface area contributed by atoms with Crippen molar-refractivity contribution in [3.63, 3.8) is 0 Å². The Morgan fingerprint density at radius 1 is 1.00 bits per heavy atom. The Hall–Kier alpha value is -2.50. The lowest BCUT2D eigenvalue weighted by Gasteiger charge is -2.35. The van der Waals surface area contributed by atoms with Crippen LogP contribution in [0.15, 0.2) is 30.5 Å². The molecule has 0 bridgehead atoms. The number of urea groups is 1. The van der Waals surface area contributed by atoms with Gasteiger partial charge in [-0.15, -0.1) is 0 Å². The molecule has 1 N–H and O–H groups in total. The standard InChI is InChI=1S/C20H26N4O2/c1-22-14-17(16-8-4-5-9-18(16)22)19(25)23-10-12-24(13-11-23)20(26)21-15-6-2-3-7-15/h4-5,8-9,14-15H,2-3,6-7,10-13H2,1H3,(H,21,26). The van der Waals surface area contributed by atoms with Gasteiger partial charge in [0.2, 0.25) is 0 Å². The quantitative estimate of drug-likeness (QED) is 0.901. The highest BCUT2D eigenvalue weighted by atomic mass is 16.2. The van der Waals surface area contributed by atoms with Gasteiger partial charge in [0, 0.05) is 56.4 Å². The van der Waals surface area contributed by atoms with Crippen molar-refractivity contribution < 1.29 is 9.59 Å². The van der Waals surface area contributed by atoms with Crippen LogP contribution in [0, 0.1) is 0 Å². The summed E-state index contributed by atoms with van der Waals surface area (Å²) in [6, 6.07) is 8.32. The Labute approximate surface area is 153 Å². The summed E-state index contributed by atoms with van der Waals surface area (Å²) < 4.78 is 1.99. The number of nitrogens with zero attached hydrogens (tertiary/aromatic N) is 3. The molecular formula is C20H26N4O2. The van der Waals surface area contributed by atoms with Crippen molar-refractivity contribution in [2.24, 2.45) is 7.05 Å². The third-order valence-corrected chi connectivity index (χ3v) is 5.66. The highest BCUT2D eigenvalue weighted by Crippen LogP contribution is 2.22. The zero-order valence-corrected chi connectivity index (χ0v) is 15.3. The van der Waals surface area contributed by atoms with Gasteiger partial charge in [0.1, 0.15) is 0 Å². The lowest BCUT2D eigenvalue weighted by molar-refractivity contribution is 0.0665. The summed E-state index contributed by atoms with van der Waals surface area (Å²) in [6.45, 7) is 2.35. The van der Waals surface area contributed by atoms with Crippen LogP contribution in [0.25, 0.3) is 10.9 Å². The van der Waals surface area contributed by atoms with Crippen molar-refractivity contribution in [3.8, 4) is 0 Å². The summed E-state index contributed by atoms with van der Waals surface area (Å²) in [6.07, 6.45) is 6.50. The van der Waals surface area contributed by atoms with Crippen LogP contribution in [0.4, 0.5) is 4.79 Å². The summed E-state index contributed by atoms with van der Waals surface area (Å²) >= 11 is 0. The van der Waals surface area contributed by atoms with E-state index in [-0.39, 0.29) is 11.9 Å². The molecule has 6 heteroatoms. The zero-order valence-electron chi connectivity index (χ0n) is 15.3. The van der Waals surface area contributed by atoms with E-state index in [1.807, 2.05) is 51.9 Å². The topological polar surface area (TPSA) is 57.6 Å². The van der Waals surface area contributed by atoms with Crippen LogP contribution in [0.5, 0.6) is 0 Å². The molecule has 1 aliphatic carbocycles. The molecule has 2 aliphatic rings. The molecule has 1 aromatic heterocycles. The third kappa shape index (κ3) is 3.16. The first-order valence-electron chi connectivity index (χ1n) is 9.52. The number of carbonyl (C=O) groups is 2. The minimum Gasteiger partial charge on any atom is -0.350 e. The number of para-hydroxylation sites is 1. The zero-order chi connectivity index (χ0) is 18.1. The molecule has 26 heavy (non-hydrogen) atoms. The van der Waals surface area contributed by atoms with E-state index in [2.05, 4.69) is 5.32 Å². The molecule has 0 atom stereocenters. The number of carbonyl (C=O) groups excluding carboxylic acids is 2. The summed E-state index contributed by atoms with van der Waals surface area (Å²) in [4.78, 5) is 29.1. The van der Waals surface area contributed by atoms with Crippen molar-refractivity contribution in [3.05, 3.63) is 36.0 Å². The largest absolute Gasteiger partial charge is 0.350 e. The van der Waals surface area contributed by atoms with Gasteiger partial charge < -0.3 is 19.7 Å². The van der Waals surface area contributed by atoms with E-state index < -0.39 is 0 Å². The van der Waals surface area contributed by atoms with E-state index >= 15 is 0 Å². The van der Waals surface area contributed by atoms with Gasteiger partial charge in [0.25, 0.3) is 5.91 Å². The molecule has 3 amide bonds. The van der Waals surface area contributed by atoms with E-state index in [4.69, 9.17) is 0 Å². The molecule has 0 unspecified atom stereocenters. The molecule has 0 radical (unpaired) electrons. The minimum atomic E-state index is 0.0224. The average Bonchev–Trinajstić information content (AvgIpc) is 3.30. The fraction of sp³-hybridized carbons (Fsp3) is 0.500. The van der Waals surface area contributed by atoms with E-state index in [1.165, 1.54) is 12.8 Å². The molecule has 138 valence electrons. The summed E-state index contributed by atoms with van der Waals surface area (Å²) in [7, 11) is 1.96. The number of fused-ring (bicyclic) bond motifs is 1. The van der Waals surface area contributed by atoms with Crippen molar-refractivity contribution in [2.75, 3.05) is 26.2 Å². The average molecular weight is 354 g/mol. The van der Waals surface area contributed by atoms with Crippen LogP contribution in [0.2, 0.25) is 0 Å². The van der Waals surface area contributed by atoms with Crippen molar-refractivity contribution in [1.29, 1.82) is 0 Å². The van der Waals surface area contributed by atoms with Crippen LogP contribution in [0.3, 0.4) is 0 Å². The second-order valence-corrected chi connectivity index (χ2v) is 7.38. The monoisotopic (exact) mass is 354 g/mol. The fourth-order valence-corrected chi connectivity index (χ4v) is 4.13. The normalized spacial score (nSPS) is 18.5. The van der Waals surface area contributed by atoms with Gasteiger partial charge in [0.15, 0.2) is 0 Å². The van der Waals surface area contributed by atoms with Gasteiger partial charge in [-0.2, -0.15) is 0 Å². The van der Waals surface area contributed by atoms with Crippen LogP contribution in [-0.4, -0.2) is 58.5 Å². The number of piperazine rings is 1. The van der Waals surface area contributed by atoms with Crippen LogP contribution < -0.4 is 5.32 Å². The maximum absolute atomic E-state index is 13.0. The first-order chi connectivity index (χ1) is 12.6. The van der Waals surface area contributed by atoms with Gasteiger partial charge >= 0.3 is 6.03 Å². The predicted octanol–water partition coefficient (Wildman–Crippen LogP) is 2.59. The summed E-state index contributed by atoms with van der Waals surface area (Å²) in [5.41, 5.74) is 1.80. The Kier molecular flexibility index (Phi) is 4.57. The Bertz CT molecular complexity index is 814. The maximum Gasteiger partial charge on any atom is 0.317 e. The highest BCUT2D eigenvalue weighted by Gasteiger charge is 2.28. The van der Waals surface area contributed by atoms with Crippen molar-refractivity contribution in [2.45, 2.75) is 31.7 Å². The molecule has 6 nitrogen and oxygen atoms in total. The van der Waals surface area contributed by atoms with Gasteiger partial charge in [-0.3, -0.25) is 4.79 Å². The number of hydrogen-bond acceptors (Lipinski definition) is 2.